The van der Waals surface area contributed by atoms with Crippen molar-refractivity contribution in [3.8, 4) is 0 Å². The van der Waals surface area contributed by atoms with Gasteiger partial charge < -0.3 is 4.57 Å². The molecule has 0 fully saturated rings. The second-order valence-corrected chi connectivity index (χ2v) is 10.0. The van der Waals surface area contributed by atoms with Crippen molar-refractivity contribution >= 4 is 33.2 Å². The zero-order valence-corrected chi connectivity index (χ0v) is 19.0. The Bertz CT molecular complexity index is 1090. The molecule has 0 bridgehead atoms. The minimum atomic E-state index is -3.82. The Hall–Kier alpha value is -1.79. The minimum absolute atomic E-state index is 0.0250. The van der Waals surface area contributed by atoms with Gasteiger partial charge in [0.2, 0.25) is 10.0 Å². The Morgan fingerprint density at radius 3 is 2.38 bits per heavy atom. The van der Waals surface area contributed by atoms with Crippen LogP contribution < -0.4 is 0 Å². The highest BCUT2D eigenvalue weighted by atomic mass is 35.5. The van der Waals surface area contributed by atoms with E-state index in [-0.39, 0.29) is 22.5 Å². The maximum Gasteiger partial charge on any atom is 0.245 e. The molecule has 0 N–H and O–H groups in total. The predicted molar refractivity (Wildman–Crippen MR) is 119 cm³/mol. The van der Waals surface area contributed by atoms with Gasteiger partial charge in [0.1, 0.15) is 4.90 Å². The Kier molecular flexibility index (Phi) is 6.74. The highest BCUT2D eigenvalue weighted by molar-refractivity contribution is 7.89. The smallest absolute Gasteiger partial charge is 0.245 e. The summed E-state index contributed by atoms with van der Waals surface area (Å²) in [5.74, 6) is 0. The van der Waals surface area contributed by atoms with E-state index in [0.29, 0.717) is 11.6 Å². The van der Waals surface area contributed by atoms with Crippen LogP contribution in [0, 0.1) is 6.92 Å². The van der Waals surface area contributed by atoms with Crippen molar-refractivity contribution in [2.24, 2.45) is 0 Å². The van der Waals surface area contributed by atoms with Gasteiger partial charge in [-0.3, -0.25) is 0 Å². The molecule has 7 heteroatoms. The summed E-state index contributed by atoms with van der Waals surface area (Å²) in [4.78, 5) is 0.0250. The van der Waals surface area contributed by atoms with E-state index >= 15 is 0 Å². The molecule has 0 unspecified atom stereocenters. The van der Waals surface area contributed by atoms with Crippen LogP contribution >= 0.6 is 23.2 Å². The second-order valence-electron chi connectivity index (χ2n) is 7.33. The van der Waals surface area contributed by atoms with E-state index in [9.17, 15) is 8.42 Å². The lowest BCUT2D eigenvalue weighted by molar-refractivity contribution is 0.340. The lowest BCUT2D eigenvalue weighted by Crippen LogP contribution is -2.37. The molecule has 154 valence electrons. The number of aromatic nitrogens is 1. The third kappa shape index (κ3) is 5.04. The molecule has 4 nitrogen and oxygen atoms in total. The van der Waals surface area contributed by atoms with Gasteiger partial charge in [0.05, 0.1) is 11.6 Å². The lowest BCUT2D eigenvalue weighted by atomic mass is 10.1. The van der Waals surface area contributed by atoms with Gasteiger partial charge in [0.25, 0.3) is 0 Å². The number of hydrogen-bond acceptors (Lipinski definition) is 2. The van der Waals surface area contributed by atoms with Crippen molar-refractivity contribution in [3.05, 3.63) is 87.7 Å². The first-order valence-corrected chi connectivity index (χ1v) is 11.5. The third-order valence-electron chi connectivity index (χ3n) is 4.77. The van der Waals surface area contributed by atoms with Crippen LogP contribution in [0.4, 0.5) is 0 Å². The fraction of sp³-hybridized carbons (Fsp3) is 0.273. The zero-order valence-electron chi connectivity index (χ0n) is 16.6. The molecule has 0 aliphatic carbocycles. The summed E-state index contributed by atoms with van der Waals surface area (Å²) in [5.41, 5.74) is 3.27. The van der Waals surface area contributed by atoms with E-state index in [4.69, 9.17) is 23.2 Å². The highest BCUT2D eigenvalue weighted by Crippen LogP contribution is 2.30. The normalized spacial score (nSPS) is 12.1. The number of hydrogen-bond donors (Lipinski definition) is 0. The molecular weight excluding hydrogens is 427 g/mol. The zero-order chi connectivity index (χ0) is 21.2. The first-order valence-electron chi connectivity index (χ1n) is 9.35. The first kappa shape index (κ1) is 21.9. The number of sulfonamides is 1. The Labute approximate surface area is 182 Å². The Balaban J connectivity index is 1.91. The molecule has 0 saturated carbocycles. The summed E-state index contributed by atoms with van der Waals surface area (Å²) in [6.07, 6.45) is 1.96. The monoisotopic (exact) mass is 450 g/mol. The van der Waals surface area contributed by atoms with Gasteiger partial charge in [-0.25, -0.2) is 8.42 Å². The van der Waals surface area contributed by atoms with Gasteiger partial charge in [-0.05, 0) is 56.7 Å². The van der Waals surface area contributed by atoms with Gasteiger partial charge in [0, 0.05) is 29.5 Å². The molecule has 0 radical (unpaired) electrons. The van der Waals surface area contributed by atoms with Crippen LogP contribution in [0.25, 0.3) is 0 Å². The largest absolute Gasteiger partial charge is 0.346 e. The standard InChI is InChI=1S/C22H24Cl2N2O2S/c1-16(2)26(29(27,28)22-13-19(23)10-11-21(22)24)15-20-5-4-12-25(20)14-18-8-6-17(3)7-9-18/h4-13,16H,14-15H2,1-3H3. The molecule has 1 heterocycles. The average Bonchev–Trinajstić information content (AvgIpc) is 3.10. The van der Waals surface area contributed by atoms with Crippen molar-refractivity contribution in [3.63, 3.8) is 0 Å². The number of aryl methyl sites for hydroxylation is 1. The molecule has 1 aromatic heterocycles. The van der Waals surface area contributed by atoms with Crippen LogP contribution in [0.1, 0.15) is 30.7 Å². The molecule has 0 aliphatic heterocycles. The third-order valence-corrected chi connectivity index (χ3v) is 7.51. The van der Waals surface area contributed by atoms with Gasteiger partial charge in [-0.1, -0.05) is 53.0 Å². The molecule has 3 rings (SSSR count). The molecule has 0 spiro atoms. The van der Waals surface area contributed by atoms with E-state index in [1.54, 1.807) is 6.07 Å². The van der Waals surface area contributed by atoms with E-state index in [0.717, 1.165) is 11.3 Å². The first-order chi connectivity index (χ1) is 13.7. The van der Waals surface area contributed by atoms with E-state index in [1.807, 2.05) is 32.2 Å². The fourth-order valence-corrected chi connectivity index (χ4v) is 5.49. The summed E-state index contributed by atoms with van der Waals surface area (Å²) >= 11 is 12.2. The van der Waals surface area contributed by atoms with Crippen LogP contribution in [0.2, 0.25) is 10.0 Å². The topological polar surface area (TPSA) is 42.3 Å². The molecule has 0 amide bonds. The molecule has 0 aliphatic rings. The van der Waals surface area contributed by atoms with Gasteiger partial charge in [0.15, 0.2) is 0 Å². The molecule has 3 aromatic rings. The molecule has 0 atom stereocenters. The van der Waals surface area contributed by atoms with Crippen LogP contribution in [0.5, 0.6) is 0 Å². The van der Waals surface area contributed by atoms with Gasteiger partial charge in [-0.15, -0.1) is 0 Å². The average molecular weight is 451 g/mol. The molecular formula is C22H24Cl2N2O2S. The number of nitrogens with zero attached hydrogens (tertiary/aromatic N) is 2. The SMILES string of the molecule is Cc1ccc(Cn2cccc2CN(C(C)C)S(=O)(=O)c2cc(Cl)ccc2Cl)cc1. The minimum Gasteiger partial charge on any atom is -0.346 e. The molecule has 0 saturated heterocycles. The molecule has 29 heavy (non-hydrogen) atoms. The predicted octanol–water partition coefficient (Wildman–Crippen LogP) is 5.75. The lowest BCUT2D eigenvalue weighted by Gasteiger charge is -2.27. The fourth-order valence-electron chi connectivity index (χ4n) is 3.14. The summed E-state index contributed by atoms with van der Waals surface area (Å²) in [5, 5.41) is 0.495. The molecule has 2 aromatic carbocycles. The summed E-state index contributed by atoms with van der Waals surface area (Å²) in [7, 11) is -3.82. The van der Waals surface area contributed by atoms with Gasteiger partial charge >= 0.3 is 0 Å². The quantitative estimate of drug-likeness (QED) is 0.459. The number of halogens is 2. The van der Waals surface area contributed by atoms with Gasteiger partial charge in [-0.2, -0.15) is 4.31 Å². The van der Waals surface area contributed by atoms with Crippen LogP contribution in [0.15, 0.2) is 65.7 Å². The Morgan fingerprint density at radius 2 is 1.72 bits per heavy atom. The van der Waals surface area contributed by atoms with Crippen molar-refractivity contribution in [2.75, 3.05) is 0 Å². The second kappa shape index (κ2) is 8.92. The van der Waals surface area contributed by atoms with E-state index in [1.165, 1.54) is 22.0 Å². The van der Waals surface area contributed by atoms with Crippen LogP contribution in [-0.2, 0) is 23.1 Å². The summed E-state index contributed by atoms with van der Waals surface area (Å²) in [6.45, 7) is 6.66. The van der Waals surface area contributed by atoms with E-state index in [2.05, 4.69) is 35.8 Å². The van der Waals surface area contributed by atoms with Crippen molar-refractivity contribution in [2.45, 2.75) is 44.8 Å². The van der Waals surface area contributed by atoms with E-state index < -0.39 is 10.0 Å². The summed E-state index contributed by atoms with van der Waals surface area (Å²) in [6, 6.07) is 16.4. The van der Waals surface area contributed by atoms with Crippen LogP contribution in [-0.4, -0.2) is 23.3 Å². The van der Waals surface area contributed by atoms with Crippen molar-refractivity contribution in [1.29, 1.82) is 0 Å². The number of benzene rings is 2. The summed E-state index contributed by atoms with van der Waals surface area (Å²) < 4.78 is 30.2. The van der Waals surface area contributed by atoms with Crippen molar-refractivity contribution in [1.82, 2.24) is 8.87 Å². The maximum atomic E-state index is 13.4. The van der Waals surface area contributed by atoms with Crippen LogP contribution in [0.3, 0.4) is 0 Å². The highest BCUT2D eigenvalue weighted by Gasteiger charge is 2.30. The van der Waals surface area contributed by atoms with Crippen molar-refractivity contribution < 1.29 is 8.42 Å². The Morgan fingerprint density at radius 1 is 1.03 bits per heavy atom. The number of rotatable bonds is 7. The maximum absolute atomic E-state index is 13.4.